The first kappa shape index (κ1) is 14.8. The van der Waals surface area contributed by atoms with Gasteiger partial charge in [0, 0.05) is 37.6 Å². The molecule has 2 rings (SSSR count). The van der Waals surface area contributed by atoms with Crippen LogP contribution in [0, 0.1) is 0 Å². The number of halogens is 1. The van der Waals surface area contributed by atoms with E-state index in [0.29, 0.717) is 18.3 Å². The van der Waals surface area contributed by atoms with Crippen LogP contribution in [0.15, 0.2) is 5.38 Å². The molecular weight excluding hydrogens is 282 g/mol. The van der Waals surface area contributed by atoms with Gasteiger partial charge in [-0.2, -0.15) is 0 Å². The minimum atomic E-state index is 0.180. The minimum absolute atomic E-state index is 0.180. The van der Waals surface area contributed by atoms with Crippen molar-refractivity contribution >= 4 is 28.8 Å². The third-order valence-corrected chi connectivity index (χ3v) is 4.61. The summed E-state index contributed by atoms with van der Waals surface area (Å²) in [6.07, 6.45) is 0.406. The van der Waals surface area contributed by atoms with Crippen LogP contribution in [0.1, 0.15) is 24.5 Å². The number of rotatable bonds is 4. The molecular formula is C13H20ClN3OS. The summed E-state index contributed by atoms with van der Waals surface area (Å²) in [4.78, 5) is 20.9. The molecule has 0 saturated carbocycles. The van der Waals surface area contributed by atoms with Crippen LogP contribution in [0.4, 0.5) is 0 Å². The lowest BCUT2D eigenvalue weighted by molar-refractivity contribution is -0.132. The highest BCUT2D eigenvalue weighted by molar-refractivity contribution is 7.09. The van der Waals surface area contributed by atoms with Crippen LogP contribution < -0.4 is 0 Å². The van der Waals surface area contributed by atoms with E-state index in [9.17, 15) is 4.79 Å². The van der Waals surface area contributed by atoms with Crippen molar-refractivity contribution in [2.45, 2.75) is 32.2 Å². The predicted molar refractivity (Wildman–Crippen MR) is 78.7 cm³/mol. The molecule has 0 aliphatic carbocycles. The molecule has 1 aromatic rings. The van der Waals surface area contributed by atoms with Gasteiger partial charge in [-0.25, -0.2) is 4.98 Å². The van der Waals surface area contributed by atoms with E-state index in [2.05, 4.69) is 23.7 Å². The van der Waals surface area contributed by atoms with Crippen molar-refractivity contribution in [1.29, 1.82) is 0 Å². The topological polar surface area (TPSA) is 36.4 Å². The van der Waals surface area contributed by atoms with Gasteiger partial charge in [-0.15, -0.1) is 22.9 Å². The zero-order valence-corrected chi connectivity index (χ0v) is 13.0. The van der Waals surface area contributed by atoms with E-state index in [4.69, 9.17) is 11.6 Å². The van der Waals surface area contributed by atoms with E-state index in [0.717, 1.165) is 36.9 Å². The predicted octanol–water partition coefficient (Wildman–Crippen LogP) is 1.98. The molecule has 0 spiro atoms. The van der Waals surface area contributed by atoms with Crippen LogP contribution in [0.3, 0.4) is 0 Å². The summed E-state index contributed by atoms with van der Waals surface area (Å²) < 4.78 is 0. The number of hydrogen-bond donors (Lipinski definition) is 0. The third-order valence-electron chi connectivity index (χ3n) is 3.44. The second-order valence-electron chi connectivity index (χ2n) is 5.05. The van der Waals surface area contributed by atoms with Gasteiger partial charge in [0.1, 0.15) is 5.01 Å². The van der Waals surface area contributed by atoms with E-state index in [1.807, 2.05) is 10.3 Å². The molecule has 2 heterocycles. The number of amides is 1. The summed E-state index contributed by atoms with van der Waals surface area (Å²) >= 11 is 7.23. The molecule has 0 atom stereocenters. The van der Waals surface area contributed by atoms with Crippen molar-refractivity contribution in [2.75, 3.05) is 26.2 Å². The number of piperazine rings is 1. The number of carbonyl (C=O) groups is 1. The molecule has 19 heavy (non-hydrogen) atoms. The first-order chi connectivity index (χ1) is 9.10. The van der Waals surface area contributed by atoms with Crippen molar-refractivity contribution in [3.05, 3.63) is 16.1 Å². The normalized spacial score (nSPS) is 17.2. The van der Waals surface area contributed by atoms with Crippen LogP contribution in [-0.4, -0.2) is 52.9 Å². The number of alkyl halides is 1. The van der Waals surface area contributed by atoms with E-state index < -0.39 is 0 Å². The summed E-state index contributed by atoms with van der Waals surface area (Å²) in [5, 5.41) is 2.79. The molecule has 1 aliphatic rings. The molecule has 106 valence electrons. The zero-order chi connectivity index (χ0) is 13.8. The maximum atomic E-state index is 12.2. The molecule has 1 aliphatic heterocycles. The second-order valence-corrected chi connectivity index (χ2v) is 6.26. The first-order valence-corrected chi connectivity index (χ1v) is 8.02. The van der Waals surface area contributed by atoms with E-state index in [-0.39, 0.29) is 5.91 Å². The van der Waals surface area contributed by atoms with Gasteiger partial charge in [0.15, 0.2) is 0 Å². The molecule has 1 aromatic heterocycles. The van der Waals surface area contributed by atoms with Gasteiger partial charge < -0.3 is 4.90 Å². The molecule has 1 fully saturated rings. The molecule has 0 unspecified atom stereocenters. The number of carbonyl (C=O) groups excluding carboxylic acids is 1. The Morgan fingerprint density at radius 1 is 1.42 bits per heavy atom. The Morgan fingerprint density at radius 2 is 2.11 bits per heavy atom. The Morgan fingerprint density at radius 3 is 2.63 bits per heavy atom. The van der Waals surface area contributed by atoms with E-state index >= 15 is 0 Å². The van der Waals surface area contributed by atoms with Gasteiger partial charge in [0.05, 0.1) is 18.0 Å². The van der Waals surface area contributed by atoms with Crippen molar-refractivity contribution in [3.8, 4) is 0 Å². The Labute approximate surface area is 123 Å². The lowest BCUT2D eigenvalue weighted by Gasteiger charge is -2.36. The molecule has 0 aromatic carbocycles. The maximum absolute atomic E-state index is 12.2. The highest BCUT2D eigenvalue weighted by Crippen LogP contribution is 2.14. The molecule has 4 nitrogen and oxygen atoms in total. The van der Waals surface area contributed by atoms with Crippen molar-refractivity contribution in [3.63, 3.8) is 0 Å². The second kappa shape index (κ2) is 6.68. The Bertz CT molecular complexity index is 427. The van der Waals surface area contributed by atoms with Gasteiger partial charge in [-0.05, 0) is 13.8 Å². The highest BCUT2D eigenvalue weighted by atomic mass is 35.5. The fraction of sp³-hybridized carbons (Fsp3) is 0.692. The standard InChI is InChI=1S/C13H20ClN3OS/c1-10(2)16-3-5-17(6-4-16)13(18)7-12-15-11(8-14)9-19-12/h9-10H,3-8H2,1-2H3. The first-order valence-electron chi connectivity index (χ1n) is 6.61. The molecule has 1 amide bonds. The van der Waals surface area contributed by atoms with Crippen molar-refractivity contribution < 1.29 is 4.79 Å². The summed E-state index contributed by atoms with van der Waals surface area (Å²) in [7, 11) is 0. The molecule has 0 radical (unpaired) electrons. The van der Waals surface area contributed by atoms with Crippen LogP contribution in [0.25, 0.3) is 0 Å². The lowest BCUT2D eigenvalue weighted by Crippen LogP contribution is -2.51. The number of hydrogen-bond acceptors (Lipinski definition) is 4. The van der Waals surface area contributed by atoms with Crippen LogP contribution >= 0.6 is 22.9 Å². The average molecular weight is 302 g/mol. The SMILES string of the molecule is CC(C)N1CCN(C(=O)Cc2nc(CCl)cs2)CC1. The third kappa shape index (κ3) is 3.91. The van der Waals surface area contributed by atoms with Crippen LogP contribution in [0.2, 0.25) is 0 Å². The highest BCUT2D eigenvalue weighted by Gasteiger charge is 2.22. The maximum Gasteiger partial charge on any atom is 0.229 e. The summed E-state index contributed by atoms with van der Waals surface area (Å²) in [6.45, 7) is 7.97. The molecule has 0 bridgehead atoms. The van der Waals surface area contributed by atoms with Gasteiger partial charge in [0.25, 0.3) is 0 Å². The average Bonchev–Trinajstić information content (AvgIpc) is 2.86. The van der Waals surface area contributed by atoms with Gasteiger partial charge in [0.2, 0.25) is 5.91 Å². The number of aromatic nitrogens is 1. The molecule has 1 saturated heterocycles. The monoisotopic (exact) mass is 301 g/mol. The Kier molecular flexibility index (Phi) is 5.19. The van der Waals surface area contributed by atoms with Gasteiger partial charge in [-0.1, -0.05) is 0 Å². The van der Waals surface area contributed by atoms with Gasteiger partial charge >= 0.3 is 0 Å². The lowest BCUT2D eigenvalue weighted by atomic mass is 10.2. The Balaban J connectivity index is 1.84. The Hall–Kier alpha value is -0.650. The largest absolute Gasteiger partial charge is 0.340 e. The molecule has 6 heteroatoms. The van der Waals surface area contributed by atoms with E-state index in [1.165, 1.54) is 11.3 Å². The molecule has 0 N–H and O–H groups in total. The van der Waals surface area contributed by atoms with Crippen molar-refractivity contribution in [2.24, 2.45) is 0 Å². The summed E-state index contributed by atoms with van der Waals surface area (Å²) in [5.41, 5.74) is 0.860. The fourth-order valence-corrected chi connectivity index (χ4v) is 3.23. The fourth-order valence-electron chi connectivity index (χ4n) is 2.22. The zero-order valence-electron chi connectivity index (χ0n) is 11.4. The number of nitrogens with zero attached hydrogens (tertiary/aromatic N) is 3. The van der Waals surface area contributed by atoms with E-state index in [1.54, 1.807) is 0 Å². The van der Waals surface area contributed by atoms with Crippen LogP contribution in [-0.2, 0) is 17.1 Å². The minimum Gasteiger partial charge on any atom is -0.340 e. The summed E-state index contributed by atoms with van der Waals surface area (Å²) in [5.74, 6) is 0.594. The van der Waals surface area contributed by atoms with Crippen molar-refractivity contribution in [1.82, 2.24) is 14.8 Å². The van der Waals surface area contributed by atoms with Crippen LogP contribution in [0.5, 0.6) is 0 Å². The van der Waals surface area contributed by atoms with Gasteiger partial charge in [-0.3, -0.25) is 9.69 Å². The number of thiazole rings is 1. The quantitative estimate of drug-likeness (QED) is 0.798. The smallest absolute Gasteiger partial charge is 0.229 e. The summed E-state index contributed by atoms with van der Waals surface area (Å²) in [6, 6.07) is 0.558.